The van der Waals surface area contributed by atoms with Gasteiger partial charge in [-0.15, -0.1) is 0 Å². The van der Waals surface area contributed by atoms with Gasteiger partial charge in [0.2, 0.25) is 15.9 Å². The van der Waals surface area contributed by atoms with Crippen molar-refractivity contribution < 1.29 is 32.2 Å². The van der Waals surface area contributed by atoms with Gasteiger partial charge in [0.15, 0.2) is 11.5 Å². The van der Waals surface area contributed by atoms with E-state index >= 15 is 0 Å². The molecular formula is C22H33N3O7S. The van der Waals surface area contributed by atoms with Crippen molar-refractivity contribution in [1.82, 2.24) is 14.5 Å². The monoisotopic (exact) mass is 483 g/mol. The molecule has 2 aliphatic rings. The average Bonchev–Trinajstić information content (AvgIpc) is 2.83. The number of hydrogen-bond acceptors (Lipinski definition) is 7. The van der Waals surface area contributed by atoms with Crippen LogP contribution in [0.5, 0.6) is 11.5 Å². The summed E-state index contributed by atoms with van der Waals surface area (Å²) < 4.78 is 43.9. The molecule has 0 aromatic heterocycles. The van der Waals surface area contributed by atoms with Gasteiger partial charge in [0, 0.05) is 44.2 Å². The summed E-state index contributed by atoms with van der Waals surface area (Å²) in [5.41, 5.74) is 0.111. The van der Waals surface area contributed by atoms with E-state index in [1.54, 1.807) is 4.90 Å². The van der Waals surface area contributed by atoms with Gasteiger partial charge in [-0.25, -0.2) is 8.42 Å². The summed E-state index contributed by atoms with van der Waals surface area (Å²) in [6.45, 7) is 5.58. The van der Waals surface area contributed by atoms with Crippen molar-refractivity contribution >= 4 is 21.8 Å². The van der Waals surface area contributed by atoms with Gasteiger partial charge in [-0.2, -0.15) is 4.31 Å². The minimum Gasteiger partial charge on any atom is -0.493 e. The molecule has 1 aromatic rings. The lowest BCUT2D eigenvalue weighted by Crippen LogP contribution is -2.50. The number of amides is 2. The van der Waals surface area contributed by atoms with Gasteiger partial charge in [-0.05, 0) is 18.9 Å². The predicted octanol–water partition coefficient (Wildman–Crippen LogP) is 1.10. The van der Waals surface area contributed by atoms with E-state index in [-0.39, 0.29) is 58.8 Å². The number of likely N-dealkylation sites (tertiary alicyclic amines) is 1. The highest BCUT2D eigenvalue weighted by Crippen LogP contribution is 2.36. The Kier molecular flexibility index (Phi) is 8.19. The smallest absolute Gasteiger partial charge is 0.257 e. The second-order valence-electron chi connectivity index (χ2n) is 8.48. The van der Waals surface area contributed by atoms with Crippen LogP contribution in [-0.2, 0) is 19.6 Å². The topological polar surface area (TPSA) is 114 Å². The fourth-order valence-electron chi connectivity index (χ4n) is 4.00. The summed E-state index contributed by atoms with van der Waals surface area (Å²) in [6.07, 6.45) is 1.49. The number of ether oxygens (including phenoxy) is 3. The molecule has 11 heteroatoms. The fraction of sp³-hybridized carbons (Fsp3) is 0.636. The lowest BCUT2D eigenvalue weighted by molar-refractivity contribution is -0.125. The number of carbonyl (C=O) groups excluding carboxylic acids is 2. The Hall–Kier alpha value is -2.37. The Labute approximate surface area is 195 Å². The first-order chi connectivity index (χ1) is 15.7. The summed E-state index contributed by atoms with van der Waals surface area (Å²) in [7, 11) is -1.04. The molecule has 2 heterocycles. The maximum Gasteiger partial charge on any atom is 0.257 e. The number of rotatable bonds is 7. The first kappa shape index (κ1) is 25.3. The van der Waals surface area contributed by atoms with E-state index in [0.717, 1.165) is 12.8 Å². The van der Waals surface area contributed by atoms with Crippen LogP contribution in [0.1, 0.15) is 37.0 Å². The quantitative estimate of drug-likeness (QED) is 0.618. The second-order valence-corrected chi connectivity index (χ2v) is 10.4. The molecule has 3 rings (SSSR count). The number of sulfonamides is 1. The molecule has 0 bridgehead atoms. The number of morpholine rings is 1. The Morgan fingerprint density at radius 3 is 2.42 bits per heavy atom. The normalized spacial score (nSPS) is 19.9. The average molecular weight is 484 g/mol. The molecule has 1 aromatic carbocycles. The number of methoxy groups -OCH3 is 2. The van der Waals surface area contributed by atoms with Crippen molar-refractivity contribution in [2.24, 2.45) is 5.92 Å². The molecule has 0 saturated carbocycles. The summed E-state index contributed by atoms with van der Waals surface area (Å²) in [5.74, 6) is -0.240. The molecule has 0 spiro atoms. The molecule has 2 fully saturated rings. The zero-order valence-corrected chi connectivity index (χ0v) is 20.4. The number of piperidine rings is 1. The molecular weight excluding hydrogens is 450 g/mol. The summed E-state index contributed by atoms with van der Waals surface area (Å²) >= 11 is 0. The molecule has 2 amide bonds. The molecule has 1 atom stereocenters. The maximum absolute atomic E-state index is 13.5. The van der Waals surface area contributed by atoms with E-state index in [1.807, 2.05) is 13.8 Å². The van der Waals surface area contributed by atoms with E-state index < -0.39 is 10.0 Å². The fourth-order valence-corrected chi connectivity index (χ4v) is 5.45. The molecule has 0 aliphatic carbocycles. The maximum atomic E-state index is 13.5. The molecule has 1 unspecified atom stereocenters. The van der Waals surface area contributed by atoms with Crippen LogP contribution in [-0.4, -0.2) is 89.1 Å². The van der Waals surface area contributed by atoms with Crippen LogP contribution in [0.25, 0.3) is 0 Å². The second kappa shape index (κ2) is 10.7. The summed E-state index contributed by atoms with van der Waals surface area (Å²) in [5, 5.41) is 2.98. The van der Waals surface area contributed by atoms with Crippen LogP contribution in [0, 0.1) is 5.92 Å². The summed E-state index contributed by atoms with van der Waals surface area (Å²) in [6, 6.07) is 2.57. The van der Waals surface area contributed by atoms with E-state index in [4.69, 9.17) is 14.2 Å². The first-order valence-corrected chi connectivity index (χ1v) is 12.6. The van der Waals surface area contributed by atoms with Crippen LogP contribution in [0.15, 0.2) is 17.0 Å². The van der Waals surface area contributed by atoms with Crippen molar-refractivity contribution in [3.05, 3.63) is 17.7 Å². The minimum atomic E-state index is -3.85. The van der Waals surface area contributed by atoms with E-state index in [1.165, 1.54) is 30.7 Å². The molecule has 1 N–H and O–H groups in total. The highest BCUT2D eigenvalue weighted by Gasteiger charge is 2.33. The van der Waals surface area contributed by atoms with Gasteiger partial charge < -0.3 is 24.4 Å². The van der Waals surface area contributed by atoms with Crippen molar-refractivity contribution in [2.75, 3.05) is 53.6 Å². The number of carbonyl (C=O) groups is 2. The van der Waals surface area contributed by atoms with Crippen LogP contribution < -0.4 is 14.8 Å². The largest absolute Gasteiger partial charge is 0.493 e. The third-order valence-corrected chi connectivity index (χ3v) is 7.75. The van der Waals surface area contributed by atoms with Crippen LogP contribution in [0.3, 0.4) is 0 Å². The first-order valence-electron chi connectivity index (χ1n) is 11.1. The van der Waals surface area contributed by atoms with Crippen LogP contribution in [0.4, 0.5) is 0 Å². The molecule has 184 valence electrons. The van der Waals surface area contributed by atoms with Crippen molar-refractivity contribution in [2.45, 2.75) is 37.6 Å². The number of nitrogens with zero attached hydrogens (tertiary/aromatic N) is 2. The van der Waals surface area contributed by atoms with Crippen LogP contribution >= 0.6 is 0 Å². The lowest BCUT2D eigenvalue weighted by Gasteiger charge is -2.34. The Bertz CT molecular complexity index is 974. The Morgan fingerprint density at radius 1 is 1.12 bits per heavy atom. The number of nitrogens with one attached hydrogen (secondary N) is 1. The van der Waals surface area contributed by atoms with Crippen molar-refractivity contribution in [3.8, 4) is 11.5 Å². The molecule has 2 saturated heterocycles. The zero-order valence-electron chi connectivity index (χ0n) is 19.6. The molecule has 2 aliphatic heterocycles. The standard InChI is InChI=1S/C22H33N3O7S/c1-15(2)21(26)23-16-6-5-7-24(14-16)22(27)18-12-17(13-19(30-3)20(18)31-4)33(28,29)25-8-10-32-11-9-25/h12-13,15-16H,5-11,14H2,1-4H3,(H,23,26). The van der Waals surface area contributed by atoms with Gasteiger partial charge in [-0.1, -0.05) is 13.8 Å². The number of hydrogen-bond donors (Lipinski definition) is 1. The third kappa shape index (κ3) is 5.59. The van der Waals surface area contributed by atoms with Gasteiger partial charge in [0.1, 0.15) is 0 Å². The highest BCUT2D eigenvalue weighted by atomic mass is 32.2. The SMILES string of the molecule is COc1cc(S(=O)(=O)N2CCOCC2)cc(C(=O)N2CCCC(NC(=O)C(C)C)C2)c1OC. The molecule has 10 nitrogen and oxygen atoms in total. The van der Waals surface area contributed by atoms with Gasteiger partial charge in [0.25, 0.3) is 5.91 Å². The van der Waals surface area contributed by atoms with E-state index in [2.05, 4.69) is 5.32 Å². The minimum absolute atomic E-state index is 0.0351. The highest BCUT2D eigenvalue weighted by molar-refractivity contribution is 7.89. The Morgan fingerprint density at radius 2 is 1.82 bits per heavy atom. The molecule has 0 radical (unpaired) electrons. The van der Waals surface area contributed by atoms with E-state index in [9.17, 15) is 18.0 Å². The Balaban J connectivity index is 1.93. The lowest BCUT2D eigenvalue weighted by atomic mass is 10.0. The van der Waals surface area contributed by atoms with Gasteiger partial charge in [0.05, 0.1) is 37.9 Å². The molecule has 33 heavy (non-hydrogen) atoms. The zero-order chi connectivity index (χ0) is 24.2. The summed E-state index contributed by atoms with van der Waals surface area (Å²) in [4.78, 5) is 27.2. The van der Waals surface area contributed by atoms with Gasteiger partial charge in [-0.3, -0.25) is 9.59 Å². The van der Waals surface area contributed by atoms with Crippen molar-refractivity contribution in [1.29, 1.82) is 0 Å². The van der Waals surface area contributed by atoms with E-state index in [0.29, 0.717) is 26.3 Å². The van der Waals surface area contributed by atoms with Crippen LogP contribution in [0.2, 0.25) is 0 Å². The third-order valence-electron chi connectivity index (χ3n) is 5.87. The number of benzene rings is 1. The van der Waals surface area contributed by atoms with Crippen molar-refractivity contribution in [3.63, 3.8) is 0 Å². The predicted molar refractivity (Wildman–Crippen MR) is 121 cm³/mol. The van der Waals surface area contributed by atoms with Gasteiger partial charge >= 0.3 is 0 Å².